The Labute approximate surface area is 107 Å². The van der Waals surface area contributed by atoms with Crippen molar-refractivity contribution >= 4 is 11.9 Å². The van der Waals surface area contributed by atoms with Crippen LogP contribution >= 0.6 is 0 Å². The van der Waals surface area contributed by atoms with E-state index in [0.29, 0.717) is 19.4 Å². The molecule has 0 aromatic carbocycles. The molecule has 104 valence electrons. The van der Waals surface area contributed by atoms with Gasteiger partial charge in [0.05, 0.1) is 6.61 Å². The molecule has 1 fully saturated rings. The Kier molecular flexibility index (Phi) is 6.07. The Hall–Kier alpha value is -1.14. The molecule has 0 aliphatic carbocycles. The summed E-state index contributed by atoms with van der Waals surface area (Å²) in [5.74, 6) is -1.23. The first-order chi connectivity index (χ1) is 8.60. The summed E-state index contributed by atoms with van der Waals surface area (Å²) in [6, 6.07) is 0. The summed E-state index contributed by atoms with van der Waals surface area (Å²) in [4.78, 5) is 24.4. The first-order valence-corrected chi connectivity index (χ1v) is 6.38. The number of carboxylic acids is 1. The Morgan fingerprint density at radius 2 is 1.94 bits per heavy atom. The van der Waals surface area contributed by atoms with Crippen molar-refractivity contribution in [2.24, 2.45) is 0 Å². The summed E-state index contributed by atoms with van der Waals surface area (Å²) in [5, 5.41) is 17.7. The predicted molar refractivity (Wildman–Crippen MR) is 64.1 cm³/mol. The fourth-order valence-electron chi connectivity index (χ4n) is 2.01. The molecule has 1 saturated heterocycles. The molecule has 1 rings (SSSR count). The molecule has 0 aromatic heterocycles. The number of aliphatic hydroxyl groups excluding tert-OH is 1. The van der Waals surface area contributed by atoms with Crippen LogP contribution in [0.2, 0.25) is 0 Å². The van der Waals surface area contributed by atoms with Gasteiger partial charge in [-0.05, 0) is 19.3 Å². The summed E-state index contributed by atoms with van der Waals surface area (Å²) in [5.41, 5.74) is 0. The van der Waals surface area contributed by atoms with E-state index in [1.807, 2.05) is 6.92 Å². The molecule has 0 unspecified atom stereocenters. The van der Waals surface area contributed by atoms with Gasteiger partial charge in [-0.1, -0.05) is 13.3 Å². The van der Waals surface area contributed by atoms with Crippen LogP contribution in [0.4, 0.5) is 0 Å². The molecule has 0 saturated carbocycles. The molecule has 2 N–H and O–H groups in total. The van der Waals surface area contributed by atoms with E-state index in [1.165, 1.54) is 0 Å². The van der Waals surface area contributed by atoms with Crippen molar-refractivity contribution < 1.29 is 24.5 Å². The van der Waals surface area contributed by atoms with Crippen LogP contribution in [-0.4, -0.2) is 58.9 Å². The highest BCUT2D eigenvalue weighted by atomic mass is 16.5. The zero-order valence-corrected chi connectivity index (χ0v) is 10.7. The van der Waals surface area contributed by atoms with Crippen LogP contribution in [-0.2, 0) is 14.3 Å². The molecule has 2 atom stereocenters. The average Bonchev–Trinajstić information content (AvgIpc) is 2.83. The Morgan fingerprint density at radius 1 is 1.28 bits per heavy atom. The van der Waals surface area contributed by atoms with E-state index in [2.05, 4.69) is 0 Å². The summed E-state index contributed by atoms with van der Waals surface area (Å²) in [7, 11) is 0. The maximum atomic E-state index is 12.1. The van der Waals surface area contributed by atoms with E-state index >= 15 is 0 Å². The van der Waals surface area contributed by atoms with Crippen LogP contribution in [0.3, 0.4) is 0 Å². The van der Waals surface area contributed by atoms with Gasteiger partial charge in [0.25, 0.3) is 5.91 Å². The van der Waals surface area contributed by atoms with Crippen LogP contribution in [0.1, 0.15) is 32.6 Å². The molecule has 6 heteroatoms. The number of aliphatic hydroxyl groups is 1. The first kappa shape index (κ1) is 14.9. The van der Waals surface area contributed by atoms with Crippen LogP contribution in [0, 0.1) is 0 Å². The largest absolute Gasteiger partial charge is 0.479 e. The van der Waals surface area contributed by atoms with Crippen LogP contribution in [0.5, 0.6) is 0 Å². The quantitative estimate of drug-likeness (QED) is 0.684. The topological polar surface area (TPSA) is 87.1 Å². The monoisotopic (exact) mass is 259 g/mol. The molecule has 1 amide bonds. The van der Waals surface area contributed by atoms with Crippen LogP contribution < -0.4 is 0 Å². The lowest BCUT2D eigenvalue weighted by Gasteiger charge is -2.24. The standard InChI is InChI=1S/C12H21NO5/c1-2-3-6-13(7-8-14)11(15)9-4-5-10(18-9)12(16)17/h9-10,14H,2-8H2,1H3,(H,16,17)/t9-,10+/m0/s1. The number of hydrogen-bond acceptors (Lipinski definition) is 4. The molecule has 1 aliphatic rings. The fraction of sp³-hybridized carbons (Fsp3) is 0.833. The molecular formula is C12H21NO5. The van der Waals surface area contributed by atoms with Crippen molar-refractivity contribution in [3.8, 4) is 0 Å². The maximum absolute atomic E-state index is 12.1. The summed E-state index contributed by atoms with van der Waals surface area (Å²) in [6.45, 7) is 2.78. The Balaban J connectivity index is 2.52. The van der Waals surface area contributed by atoms with Crippen LogP contribution in [0.25, 0.3) is 0 Å². The van der Waals surface area contributed by atoms with Crippen molar-refractivity contribution in [2.45, 2.75) is 44.8 Å². The highest BCUT2D eigenvalue weighted by Crippen LogP contribution is 2.21. The number of ether oxygens (including phenoxy) is 1. The van der Waals surface area contributed by atoms with Crippen molar-refractivity contribution in [1.29, 1.82) is 0 Å². The zero-order chi connectivity index (χ0) is 13.5. The molecular weight excluding hydrogens is 238 g/mol. The third-order valence-corrected chi connectivity index (χ3v) is 3.03. The van der Waals surface area contributed by atoms with E-state index in [4.69, 9.17) is 14.9 Å². The molecule has 6 nitrogen and oxygen atoms in total. The van der Waals surface area contributed by atoms with Crippen molar-refractivity contribution in [2.75, 3.05) is 19.7 Å². The average molecular weight is 259 g/mol. The maximum Gasteiger partial charge on any atom is 0.332 e. The number of aliphatic carboxylic acids is 1. The van der Waals surface area contributed by atoms with Crippen molar-refractivity contribution in [3.05, 3.63) is 0 Å². The van der Waals surface area contributed by atoms with Gasteiger partial charge in [-0.2, -0.15) is 0 Å². The Morgan fingerprint density at radius 3 is 2.44 bits per heavy atom. The van der Waals surface area contributed by atoms with Gasteiger partial charge in [-0.15, -0.1) is 0 Å². The van der Waals surface area contributed by atoms with Crippen molar-refractivity contribution in [3.63, 3.8) is 0 Å². The van der Waals surface area contributed by atoms with Gasteiger partial charge < -0.3 is 19.8 Å². The highest BCUT2D eigenvalue weighted by Gasteiger charge is 2.36. The van der Waals surface area contributed by atoms with E-state index in [-0.39, 0.29) is 19.1 Å². The Bertz CT molecular complexity index is 294. The van der Waals surface area contributed by atoms with E-state index in [9.17, 15) is 9.59 Å². The molecule has 0 aromatic rings. The summed E-state index contributed by atoms with van der Waals surface area (Å²) < 4.78 is 5.22. The lowest BCUT2D eigenvalue weighted by Crippen LogP contribution is -2.41. The van der Waals surface area contributed by atoms with E-state index in [0.717, 1.165) is 12.8 Å². The predicted octanol–water partition coefficient (Wildman–Crippen LogP) is 0.240. The van der Waals surface area contributed by atoms with Gasteiger partial charge in [0.1, 0.15) is 6.10 Å². The van der Waals surface area contributed by atoms with Crippen molar-refractivity contribution in [1.82, 2.24) is 4.90 Å². The minimum Gasteiger partial charge on any atom is -0.479 e. The molecule has 1 heterocycles. The number of carboxylic acid groups (broad SMARTS) is 1. The summed E-state index contributed by atoms with van der Waals surface area (Å²) in [6.07, 6.45) is 1.07. The number of amides is 1. The van der Waals surface area contributed by atoms with E-state index in [1.54, 1.807) is 4.90 Å². The summed E-state index contributed by atoms with van der Waals surface area (Å²) >= 11 is 0. The third-order valence-electron chi connectivity index (χ3n) is 3.03. The van der Waals surface area contributed by atoms with E-state index < -0.39 is 18.2 Å². The van der Waals surface area contributed by atoms with Gasteiger partial charge in [0.2, 0.25) is 0 Å². The highest BCUT2D eigenvalue weighted by molar-refractivity contribution is 5.82. The fourth-order valence-corrected chi connectivity index (χ4v) is 2.01. The van der Waals surface area contributed by atoms with Crippen LogP contribution in [0.15, 0.2) is 0 Å². The number of unbranched alkanes of at least 4 members (excludes halogenated alkanes) is 1. The molecule has 0 radical (unpaired) electrons. The SMILES string of the molecule is CCCCN(CCO)C(=O)[C@@H]1CC[C@H](C(=O)O)O1. The zero-order valence-electron chi connectivity index (χ0n) is 10.7. The lowest BCUT2D eigenvalue weighted by molar-refractivity contribution is -0.155. The second-order valence-electron chi connectivity index (χ2n) is 4.43. The second-order valence-corrected chi connectivity index (χ2v) is 4.43. The number of rotatable bonds is 7. The second kappa shape index (κ2) is 7.33. The molecule has 0 spiro atoms. The number of nitrogens with zero attached hydrogens (tertiary/aromatic N) is 1. The molecule has 1 aliphatic heterocycles. The van der Waals surface area contributed by atoms with Gasteiger partial charge in [0, 0.05) is 13.1 Å². The smallest absolute Gasteiger partial charge is 0.332 e. The third kappa shape index (κ3) is 3.96. The van der Waals surface area contributed by atoms with Gasteiger partial charge in [-0.25, -0.2) is 4.79 Å². The number of carbonyl (C=O) groups is 2. The number of carbonyl (C=O) groups excluding carboxylic acids is 1. The minimum atomic E-state index is -1.02. The van der Waals surface area contributed by atoms with Gasteiger partial charge in [0.15, 0.2) is 6.10 Å². The molecule has 18 heavy (non-hydrogen) atoms. The minimum absolute atomic E-state index is 0.0927. The lowest BCUT2D eigenvalue weighted by atomic mass is 10.1. The van der Waals surface area contributed by atoms with Gasteiger partial charge in [-0.3, -0.25) is 4.79 Å². The van der Waals surface area contributed by atoms with Gasteiger partial charge >= 0.3 is 5.97 Å². The number of hydrogen-bond donors (Lipinski definition) is 2. The molecule has 0 bridgehead atoms. The normalized spacial score (nSPS) is 23.0. The first-order valence-electron chi connectivity index (χ1n) is 6.38.